The third-order valence-corrected chi connectivity index (χ3v) is 1.77. The van der Waals surface area contributed by atoms with Crippen molar-refractivity contribution in [3.05, 3.63) is 0 Å². The Kier molecular flexibility index (Phi) is 1.00. The summed E-state index contributed by atoms with van der Waals surface area (Å²) in [5, 5.41) is 3.22. The van der Waals surface area contributed by atoms with Gasteiger partial charge in [0.25, 0.3) is 0 Å². The molecule has 0 radical (unpaired) electrons. The molecule has 0 aromatic carbocycles. The second kappa shape index (κ2) is 1.45. The third kappa shape index (κ3) is 0.975. The summed E-state index contributed by atoms with van der Waals surface area (Å²) in [5.41, 5.74) is 0.505. The molecule has 0 atom stereocenters. The fourth-order valence-electron chi connectivity index (χ4n) is 0.429. The van der Waals surface area contributed by atoms with Gasteiger partial charge in [-0.2, -0.15) is 8.42 Å². The SMILES string of the molecule is CC1=NOS(=O)(=O)C1. The van der Waals surface area contributed by atoms with Gasteiger partial charge < -0.3 is 0 Å². The van der Waals surface area contributed by atoms with Crippen LogP contribution in [-0.4, -0.2) is 19.9 Å². The second-order valence-corrected chi connectivity index (χ2v) is 3.16. The summed E-state index contributed by atoms with van der Waals surface area (Å²) in [7, 11) is -3.30. The van der Waals surface area contributed by atoms with Crippen LogP contribution in [0.5, 0.6) is 0 Å². The van der Waals surface area contributed by atoms with E-state index < -0.39 is 10.1 Å². The minimum atomic E-state index is -3.30. The third-order valence-electron chi connectivity index (χ3n) is 0.692. The van der Waals surface area contributed by atoms with Gasteiger partial charge in [-0.1, -0.05) is 5.16 Å². The highest BCUT2D eigenvalue weighted by Crippen LogP contribution is 2.03. The van der Waals surface area contributed by atoms with E-state index in [1.807, 2.05) is 0 Å². The topological polar surface area (TPSA) is 55.7 Å². The van der Waals surface area contributed by atoms with Gasteiger partial charge in [-0.25, -0.2) is 0 Å². The molecule has 0 aromatic heterocycles. The Labute approximate surface area is 47.3 Å². The molecular formula is C3H5NO3S. The highest BCUT2D eigenvalue weighted by Gasteiger charge is 2.19. The minimum Gasteiger partial charge on any atom is -0.268 e. The predicted octanol–water partition coefficient (Wildman–Crippen LogP) is -0.278. The molecule has 1 heterocycles. The quantitative estimate of drug-likeness (QED) is 0.459. The Morgan fingerprint density at radius 1 is 1.75 bits per heavy atom. The van der Waals surface area contributed by atoms with Crippen molar-refractivity contribution in [1.29, 1.82) is 0 Å². The lowest BCUT2D eigenvalue weighted by Gasteiger charge is -1.83. The summed E-state index contributed by atoms with van der Waals surface area (Å²) in [5.74, 6) is -0.0625. The van der Waals surface area contributed by atoms with Gasteiger partial charge in [-0.3, -0.25) is 4.28 Å². The molecule has 0 aliphatic carbocycles. The van der Waals surface area contributed by atoms with Crippen LogP contribution in [0.3, 0.4) is 0 Å². The van der Waals surface area contributed by atoms with Gasteiger partial charge in [0, 0.05) is 0 Å². The number of hydrogen-bond acceptors (Lipinski definition) is 4. The Morgan fingerprint density at radius 2 is 2.38 bits per heavy atom. The lowest BCUT2D eigenvalue weighted by molar-refractivity contribution is 0.352. The zero-order valence-corrected chi connectivity index (χ0v) is 5.10. The minimum absolute atomic E-state index is 0.0625. The maximum absolute atomic E-state index is 10.3. The van der Waals surface area contributed by atoms with Crippen LogP contribution in [0.4, 0.5) is 0 Å². The van der Waals surface area contributed by atoms with Crippen LogP contribution in [0, 0.1) is 0 Å². The van der Waals surface area contributed by atoms with Gasteiger partial charge in [0.15, 0.2) is 0 Å². The van der Waals surface area contributed by atoms with Crippen molar-refractivity contribution in [2.45, 2.75) is 6.92 Å². The Morgan fingerprint density at radius 3 is 2.50 bits per heavy atom. The molecule has 0 amide bonds. The van der Waals surface area contributed by atoms with Gasteiger partial charge in [0.1, 0.15) is 5.75 Å². The summed E-state index contributed by atoms with van der Waals surface area (Å²) < 4.78 is 24.6. The molecule has 0 unspecified atom stereocenters. The summed E-state index contributed by atoms with van der Waals surface area (Å²) in [6.07, 6.45) is 0. The van der Waals surface area contributed by atoms with Crippen LogP contribution in [0.2, 0.25) is 0 Å². The van der Waals surface area contributed by atoms with Crippen LogP contribution in [0.25, 0.3) is 0 Å². The van der Waals surface area contributed by atoms with E-state index in [0.29, 0.717) is 5.71 Å². The summed E-state index contributed by atoms with van der Waals surface area (Å²) in [6, 6.07) is 0. The average molecular weight is 135 g/mol. The average Bonchev–Trinajstić information content (AvgIpc) is 1.82. The molecule has 8 heavy (non-hydrogen) atoms. The molecule has 0 aromatic rings. The van der Waals surface area contributed by atoms with Gasteiger partial charge >= 0.3 is 10.1 Å². The summed E-state index contributed by atoms with van der Waals surface area (Å²) in [4.78, 5) is 0. The second-order valence-electron chi connectivity index (χ2n) is 1.60. The first-order valence-corrected chi connectivity index (χ1v) is 3.63. The van der Waals surface area contributed by atoms with Crippen molar-refractivity contribution >= 4 is 15.8 Å². The van der Waals surface area contributed by atoms with E-state index in [1.165, 1.54) is 0 Å². The van der Waals surface area contributed by atoms with Crippen LogP contribution in [-0.2, 0) is 14.4 Å². The normalized spacial score (nSPS) is 24.4. The summed E-state index contributed by atoms with van der Waals surface area (Å²) in [6.45, 7) is 1.60. The number of nitrogens with zero attached hydrogens (tertiary/aromatic N) is 1. The highest BCUT2D eigenvalue weighted by molar-refractivity contribution is 7.87. The van der Waals surface area contributed by atoms with E-state index in [9.17, 15) is 8.42 Å². The fourth-order valence-corrected chi connectivity index (χ4v) is 1.29. The number of hydrogen-bond donors (Lipinski definition) is 0. The number of oxime groups is 1. The van der Waals surface area contributed by atoms with Gasteiger partial charge in [-0.05, 0) is 6.92 Å². The number of rotatable bonds is 0. The smallest absolute Gasteiger partial charge is 0.268 e. The van der Waals surface area contributed by atoms with Crippen molar-refractivity contribution in [2.24, 2.45) is 5.16 Å². The maximum Gasteiger partial charge on any atom is 0.334 e. The Balaban J connectivity index is 2.85. The molecule has 1 rings (SSSR count). The van der Waals surface area contributed by atoms with Gasteiger partial charge in [0.2, 0.25) is 0 Å². The Bertz CT molecular complexity index is 215. The largest absolute Gasteiger partial charge is 0.334 e. The Hall–Kier alpha value is -0.580. The predicted molar refractivity (Wildman–Crippen MR) is 28.0 cm³/mol. The highest BCUT2D eigenvalue weighted by atomic mass is 32.2. The molecule has 0 bridgehead atoms. The van der Waals surface area contributed by atoms with Crippen molar-refractivity contribution in [1.82, 2.24) is 0 Å². The molecule has 0 spiro atoms. The van der Waals surface area contributed by atoms with Crippen LogP contribution < -0.4 is 0 Å². The monoisotopic (exact) mass is 135 g/mol. The van der Waals surface area contributed by atoms with E-state index in [4.69, 9.17) is 0 Å². The standard InChI is InChI=1S/C3H5NO3S/c1-3-2-8(5,6)7-4-3/h2H2,1H3. The molecule has 1 aliphatic heterocycles. The van der Waals surface area contributed by atoms with E-state index in [2.05, 4.69) is 9.44 Å². The lowest BCUT2D eigenvalue weighted by Crippen LogP contribution is -2.04. The van der Waals surface area contributed by atoms with Gasteiger partial charge in [0.05, 0.1) is 5.71 Å². The maximum atomic E-state index is 10.3. The molecule has 5 heteroatoms. The van der Waals surface area contributed by atoms with Crippen LogP contribution in [0.15, 0.2) is 5.16 Å². The molecule has 0 saturated carbocycles. The zero-order chi connectivity index (χ0) is 6.20. The first kappa shape index (κ1) is 5.55. The van der Waals surface area contributed by atoms with Crippen molar-refractivity contribution in [3.63, 3.8) is 0 Å². The molecule has 1 aliphatic rings. The van der Waals surface area contributed by atoms with E-state index in [0.717, 1.165) is 0 Å². The van der Waals surface area contributed by atoms with Crippen molar-refractivity contribution in [2.75, 3.05) is 5.75 Å². The van der Waals surface area contributed by atoms with Crippen LogP contribution >= 0.6 is 0 Å². The van der Waals surface area contributed by atoms with E-state index >= 15 is 0 Å². The van der Waals surface area contributed by atoms with E-state index in [-0.39, 0.29) is 5.75 Å². The van der Waals surface area contributed by atoms with Crippen molar-refractivity contribution in [3.8, 4) is 0 Å². The summed E-state index contributed by atoms with van der Waals surface area (Å²) >= 11 is 0. The lowest BCUT2D eigenvalue weighted by atomic mass is 10.5. The molecule has 46 valence electrons. The first-order chi connectivity index (χ1) is 3.60. The van der Waals surface area contributed by atoms with Gasteiger partial charge in [-0.15, -0.1) is 0 Å². The first-order valence-electron chi connectivity index (χ1n) is 2.05. The fraction of sp³-hybridized carbons (Fsp3) is 0.667. The zero-order valence-electron chi connectivity index (χ0n) is 4.29. The molecule has 0 fully saturated rings. The molecule has 4 nitrogen and oxygen atoms in total. The van der Waals surface area contributed by atoms with E-state index in [1.54, 1.807) is 6.92 Å². The van der Waals surface area contributed by atoms with Crippen molar-refractivity contribution < 1.29 is 12.7 Å². The van der Waals surface area contributed by atoms with Crippen LogP contribution in [0.1, 0.15) is 6.92 Å². The molecule has 0 saturated heterocycles. The molecule has 0 N–H and O–H groups in total. The molecular weight excluding hydrogens is 130 g/mol.